The van der Waals surface area contributed by atoms with Crippen molar-refractivity contribution in [1.29, 1.82) is 0 Å². The van der Waals surface area contributed by atoms with Crippen molar-refractivity contribution in [2.45, 2.75) is 25.9 Å². The van der Waals surface area contributed by atoms with Gasteiger partial charge >= 0.3 is 5.97 Å². The number of hydrogen-bond acceptors (Lipinski definition) is 4. The van der Waals surface area contributed by atoms with Gasteiger partial charge in [0.25, 0.3) is 0 Å². The predicted octanol–water partition coefficient (Wildman–Crippen LogP) is 3.54. The highest BCUT2D eigenvalue weighted by Crippen LogP contribution is 2.22. The Hall–Kier alpha value is -2.89. The van der Waals surface area contributed by atoms with Crippen LogP contribution in [0, 0.1) is 0 Å². The van der Waals surface area contributed by atoms with Gasteiger partial charge in [-0.3, -0.25) is 0 Å². The number of aromatic carboxylic acids is 1. The highest BCUT2D eigenvalue weighted by molar-refractivity contribution is 5.88. The van der Waals surface area contributed by atoms with E-state index in [1.54, 1.807) is 24.3 Å². The van der Waals surface area contributed by atoms with Crippen LogP contribution in [-0.4, -0.2) is 26.1 Å². The molecule has 1 atom stereocenters. The molecular formula is C17H18N4O2. The molecule has 23 heavy (non-hydrogen) atoms. The molecule has 0 fully saturated rings. The Morgan fingerprint density at radius 3 is 2.65 bits per heavy atom. The van der Waals surface area contributed by atoms with Crippen LogP contribution in [0.3, 0.4) is 0 Å². The summed E-state index contributed by atoms with van der Waals surface area (Å²) in [6.45, 7) is 2.11. The van der Waals surface area contributed by atoms with Crippen molar-refractivity contribution < 1.29 is 9.90 Å². The number of benzene rings is 2. The van der Waals surface area contributed by atoms with E-state index in [-0.39, 0.29) is 11.7 Å². The van der Waals surface area contributed by atoms with Gasteiger partial charge in [0, 0.05) is 5.69 Å². The molecule has 118 valence electrons. The molecule has 0 radical (unpaired) electrons. The van der Waals surface area contributed by atoms with E-state index in [0.29, 0.717) is 0 Å². The molecule has 1 heterocycles. The number of nitrogens with one attached hydrogen (secondary N) is 1. The SMILES string of the molecule is CCCC(Nc1ccc(C(=O)O)cc1)n1nnc2ccccc21. The Labute approximate surface area is 133 Å². The number of carbonyl (C=O) groups is 1. The van der Waals surface area contributed by atoms with Gasteiger partial charge in [0.2, 0.25) is 0 Å². The molecule has 3 aromatic rings. The number of aromatic nitrogens is 3. The number of carboxylic acids is 1. The van der Waals surface area contributed by atoms with Crippen molar-refractivity contribution in [1.82, 2.24) is 15.0 Å². The van der Waals surface area contributed by atoms with Crippen LogP contribution in [0.15, 0.2) is 48.5 Å². The molecule has 0 amide bonds. The largest absolute Gasteiger partial charge is 0.478 e. The summed E-state index contributed by atoms with van der Waals surface area (Å²) in [6, 6.07) is 14.6. The second-order valence-electron chi connectivity index (χ2n) is 5.35. The van der Waals surface area contributed by atoms with E-state index in [4.69, 9.17) is 5.11 Å². The van der Waals surface area contributed by atoms with Gasteiger partial charge in [-0.2, -0.15) is 0 Å². The fourth-order valence-corrected chi connectivity index (χ4v) is 2.55. The average molecular weight is 310 g/mol. The van der Waals surface area contributed by atoms with Gasteiger partial charge in [0.05, 0.1) is 11.1 Å². The van der Waals surface area contributed by atoms with Gasteiger partial charge in [-0.05, 0) is 42.8 Å². The number of fused-ring (bicyclic) bond motifs is 1. The maximum atomic E-state index is 10.9. The van der Waals surface area contributed by atoms with Crippen molar-refractivity contribution in [2.75, 3.05) is 5.32 Å². The van der Waals surface area contributed by atoms with Gasteiger partial charge in [-0.25, -0.2) is 9.48 Å². The van der Waals surface area contributed by atoms with E-state index in [0.717, 1.165) is 29.6 Å². The molecule has 2 aromatic carbocycles. The maximum Gasteiger partial charge on any atom is 0.335 e. The van der Waals surface area contributed by atoms with E-state index in [1.807, 2.05) is 28.9 Å². The Bertz CT molecular complexity index is 811. The topological polar surface area (TPSA) is 80.0 Å². The Morgan fingerprint density at radius 1 is 1.22 bits per heavy atom. The lowest BCUT2D eigenvalue weighted by Crippen LogP contribution is -2.19. The molecule has 0 aliphatic rings. The zero-order chi connectivity index (χ0) is 16.2. The fraction of sp³-hybridized carbons (Fsp3) is 0.235. The summed E-state index contributed by atoms with van der Waals surface area (Å²) >= 11 is 0. The Morgan fingerprint density at radius 2 is 1.96 bits per heavy atom. The minimum Gasteiger partial charge on any atom is -0.478 e. The first-order chi connectivity index (χ1) is 11.2. The second-order valence-corrected chi connectivity index (χ2v) is 5.35. The molecule has 0 spiro atoms. The van der Waals surface area contributed by atoms with Gasteiger partial charge in [0.15, 0.2) is 0 Å². The van der Waals surface area contributed by atoms with Gasteiger partial charge in [-0.1, -0.05) is 30.7 Å². The van der Waals surface area contributed by atoms with Gasteiger partial charge < -0.3 is 10.4 Å². The van der Waals surface area contributed by atoms with Crippen molar-refractivity contribution in [3.05, 3.63) is 54.1 Å². The summed E-state index contributed by atoms with van der Waals surface area (Å²) < 4.78 is 1.88. The quantitative estimate of drug-likeness (QED) is 0.728. The van der Waals surface area contributed by atoms with E-state index >= 15 is 0 Å². The molecule has 6 nitrogen and oxygen atoms in total. The number of rotatable bonds is 6. The van der Waals surface area contributed by atoms with Crippen LogP contribution < -0.4 is 5.32 Å². The van der Waals surface area contributed by atoms with Crippen molar-refractivity contribution >= 4 is 22.7 Å². The Balaban J connectivity index is 1.88. The summed E-state index contributed by atoms with van der Waals surface area (Å²) in [5, 5.41) is 20.8. The lowest BCUT2D eigenvalue weighted by Gasteiger charge is -2.20. The zero-order valence-electron chi connectivity index (χ0n) is 12.8. The fourth-order valence-electron chi connectivity index (χ4n) is 2.55. The first-order valence-electron chi connectivity index (χ1n) is 7.59. The molecule has 6 heteroatoms. The summed E-state index contributed by atoms with van der Waals surface area (Å²) in [7, 11) is 0. The monoisotopic (exact) mass is 310 g/mol. The van der Waals surface area contributed by atoms with Crippen LogP contribution in [0.2, 0.25) is 0 Å². The van der Waals surface area contributed by atoms with Crippen molar-refractivity contribution in [3.63, 3.8) is 0 Å². The minimum absolute atomic E-state index is 0.0388. The number of anilines is 1. The van der Waals surface area contributed by atoms with E-state index in [2.05, 4.69) is 22.6 Å². The molecule has 0 aliphatic heterocycles. The molecule has 1 aromatic heterocycles. The first kappa shape index (κ1) is 15.0. The molecule has 0 bridgehead atoms. The summed E-state index contributed by atoms with van der Waals surface area (Å²) in [6.07, 6.45) is 1.83. The number of nitrogens with zero attached hydrogens (tertiary/aromatic N) is 3. The molecule has 2 N–H and O–H groups in total. The van der Waals surface area contributed by atoms with E-state index in [9.17, 15) is 4.79 Å². The number of hydrogen-bond donors (Lipinski definition) is 2. The van der Waals surface area contributed by atoms with Crippen LogP contribution in [0.25, 0.3) is 11.0 Å². The zero-order valence-corrected chi connectivity index (χ0v) is 12.8. The molecule has 1 unspecified atom stereocenters. The van der Waals surface area contributed by atoms with E-state index in [1.165, 1.54) is 0 Å². The van der Waals surface area contributed by atoms with E-state index < -0.39 is 5.97 Å². The number of para-hydroxylation sites is 1. The van der Waals surface area contributed by atoms with Crippen LogP contribution in [0.1, 0.15) is 36.3 Å². The smallest absolute Gasteiger partial charge is 0.335 e. The van der Waals surface area contributed by atoms with Crippen LogP contribution in [0.4, 0.5) is 5.69 Å². The minimum atomic E-state index is -0.927. The van der Waals surface area contributed by atoms with Crippen LogP contribution in [-0.2, 0) is 0 Å². The summed E-state index contributed by atoms with van der Waals surface area (Å²) in [5.74, 6) is -0.927. The first-order valence-corrected chi connectivity index (χ1v) is 7.59. The van der Waals surface area contributed by atoms with Crippen molar-refractivity contribution in [2.24, 2.45) is 0 Å². The average Bonchev–Trinajstić information content (AvgIpc) is 2.99. The third-order valence-electron chi connectivity index (χ3n) is 3.70. The Kier molecular flexibility index (Phi) is 4.23. The predicted molar refractivity (Wildman–Crippen MR) is 88.5 cm³/mol. The van der Waals surface area contributed by atoms with Crippen LogP contribution >= 0.6 is 0 Å². The third kappa shape index (κ3) is 3.15. The molecule has 0 saturated carbocycles. The van der Waals surface area contributed by atoms with Gasteiger partial charge in [0.1, 0.15) is 11.7 Å². The highest BCUT2D eigenvalue weighted by Gasteiger charge is 2.15. The highest BCUT2D eigenvalue weighted by atomic mass is 16.4. The van der Waals surface area contributed by atoms with Crippen molar-refractivity contribution in [3.8, 4) is 0 Å². The second kappa shape index (κ2) is 6.48. The molecule has 0 aliphatic carbocycles. The lowest BCUT2D eigenvalue weighted by molar-refractivity contribution is 0.0697. The maximum absolute atomic E-state index is 10.9. The standard InChI is InChI=1S/C17H18N4O2/c1-2-5-16(18-13-10-8-12(9-11-13)17(22)23)21-15-7-4-3-6-14(15)19-20-21/h3-4,6-11,16,18H,2,5H2,1H3,(H,22,23). The van der Waals surface area contributed by atoms with Gasteiger partial charge in [-0.15, -0.1) is 5.10 Å². The molecular weight excluding hydrogens is 292 g/mol. The molecule has 3 rings (SSSR count). The molecule has 0 saturated heterocycles. The summed E-state index contributed by atoms with van der Waals surface area (Å²) in [4.78, 5) is 10.9. The lowest BCUT2D eigenvalue weighted by atomic mass is 10.2. The normalized spacial score (nSPS) is 12.2. The van der Waals surface area contributed by atoms with Crippen LogP contribution in [0.5, 0.6) is 0 Å². The summed E-state index contributed by atoms with van der Waals surface area (Å²) in [5.41, 5.74) is 2.96. The third-order valence-corrected chi connectivity index (χ3v) is 3.70. The number of carboxylic acid groups (broad SMARTS) is 1.